The van der Waals surface area contributed by atoms with Crippen molar-refractivity contribution >= 4 is 35.0 Å². The zero-order valence-corrected chi connectivity index (χ0v) is 18.3. The molecule has 0 bridgehead atoms. The topological polar surface area (TPSA) is 59.0 Å². The summed E-state index contributed by atoms with van der Waals surface area (Å²) in [4.78, 5) is 28.3. The first-order valence-corrected chi connectivity index (χ1v) is 10.9. The van der Waals surface area contributed by atoms with Crippen molar-refractivity contribution < 1.29 is 4.79 Å². The fourth-order valence-electron chi connectivity index (χ4n) is 3.13. The number of rotatable bonds is 7. The molecule has 0 saturated carbocycles. The van der Waals surface area contributed by atoms with Gasteiger partial charge in [-0.1, -0.05) is 29.4 Å². The normalized spacial score (nSPS) is 10.8. The lowest BCUT2D eigenvalue weighted by Gasteiger charge is -2.23. The van der Waals surface area contributed by atoms with Gasteiger partial charge in [0.15, 0.2) is 5.16 Å². The maximum Gasteiger partial charge on any atom is 0.227 e. The molecule has 0 radical (unpaired) electrons. The van der Waals surface area contributed by atoms with E-state index in [1.807, 2.05) is 50.4 Å². The van der Waals surface area contributed by atoms with Crippen LogP contribution in [0.4, 0.5) is 5.69 Å². The molecule has 0 atom stereocenters. The Morgan fingerprint density at radius 1 is 1.07 bits per heavy atom. The molecule has 0 fully saturated rings. The molecule has 0 aliphatic carbocycles. The number of thioether (sulfide) groups is 1. The second-order valence-electron chi connectivity index (χ2n) is 6.64. The highest BCUT2D eigenvalue weighted by molar-refractivity contribution is 7.98. The highest BCUT2D eigenvalue weighted by atomic mass is 35.5. The van der Waals surface area contributed by atoms with E-state index in [0.29, 0.717) is 24.4 Å². The molecule has 0 spiro atoms. The minimum atomic E-state index is 0.0192. The van der Waals surface area contributed by atoms with E-state index >= 15 is 0 Å². The first-order valence-electron chi connectivity index (χ1n) is 9.32. The zero-order chi connectivity index (χ0) is 20.8. The quantitative estimate of drug-likeness (QED) is 0.391. The number of halogens is 1. The smallest absolute Gasteiger partial charge is 0.227 e. The predicted molar refractivity (Wildman–Crippen MR) is 118 cm³/mol. The average molecular weight is 427 g/mol. The van der Waals surface area contributed by atoms with Crippen molar-refractivity contribution in [3.05, 3.63) is 76.3 Å². The standard InChI is InChI=1S/C22H23ClN4OS/c1-15-20(16(2)26-22(25-15)29-3)11-12-21(28)27(14-18-6-4-5-13-24-18)19-9-7-17(23)8-10-19/h4-10,13H,11-12,14H2,1-3H3. The molecule has 29 heavy (non-hydrogen) atoms. The van der Waals surface area contributed by atoms with Gasteiger partial charge in [0.2, 0.25) is 5.91 Å². The van der Waals surface area contributed by atoms with Gasteiger partial charge in [-0.15, -0.1) is 0 Å². The summed E-state index contributed by atoms with van der Waals surface area (Å²) >= 11 is 7.55. The maximum atomic E-state index is 13.2. The molecule has 0 aliphatic heterocycles. The third-order valence-electron chi connectivity index (χ3n) is 4.66. The molecule has 2 heterocycles. The summed E-state index contributed by atoms with van der Waals surface area (Å²) in [5.41, 5.74) is 4.52. The van der Waals surface area contributed by atoms with Crippen LogP contribution in [0.15, 0.2) is 53.8 Å². The van der Waals surface area contributed by atoms with Crippen molar-refractivity contribution in [2.24, 2.45) is 0 Å². The molecule has 0 aliphatic rings. The van der Waals surface area contributed by atoms with Crippen LogP contribution in [0.3, 0.4) is 0 Å². The van der Waals surface area contributed by atoms with Crippen LogP contribution in [-0.4, -0.2) is 27.1 Å². The highest BCUT2D eigenvalue weighted by Gasteiger charge is 2.18. The van der Waals surface area contributed by atoms with E-state index in [9.17, 15) is 4.79 Å². The number of carbonyl (C=O) groups excluding carboxylic acids is 1. The molecule has 0 unspecified atom stereocenters. The SMILES string of the molecule is CSc1nc(C)c(CCC(=O)N(Cc2ccccn2)c2ccc(Cl)cc2)c(C)n1. The lowest BCUT2D eigenvalue weighted by Crippen LogP contribution is -2.31. The van der Waals surface area contributed by atoms with Gasteiger partial charge in [-0.25, -0.2) is 9.97 Å². The van der Waals surface area contributed by atoms with Crippen molar-refractivity contribution in [1.29, 1.82) is 0 Å². The van der Waals surface area contributed by atoms with E-state index < -0.39 is 0 Å². The van der Waals surface area contributed by atoms with Gasteiger partial charge in [-0.3, -0.25) is 9.78 Å². The Hall–Kier alpha value is -2.44. The summed E-state index contributed by atoms with van der Waals surface area (Å²) in [5.74, 6) is 0.0192. The van der Waals surface area contributed by atoms with E-state index in [-0.39, 0.29) is 5.91 Å². The summed E-state index contributed by atoms with van der Waals surface area (Å²) < 4.78 is 0. The molecular weight excluding hydrogens is 404 g/mol. The summed E-state index contributed by atoms with van der Waals surface area (Å²) in [6.45, 7) is 4.35. The highest BCUT2D eigenvalue weighted by Crippen LogP contribution is 2.22. The van der Waals surface area contributed by atoms with Crippen molar-refractivity contribution in [2.75, 3.05) is 11.2 Å². The Kier molecular flexibility index (Phi) is 7.23. The van der Waals surface area contributed by atoms with Gasteiger partial charge < -0.3 is 4.90 Å². The molecule has 1 amide bonds. The molecule has 3 aromatic rings. The Labute approximate surface area is 180 Å². The van der Waals surface area contributed by atoms with Crippen LogP contribution in [0.2, 0.25) is 5.02 Å². The number of benzene rings is 1. The predicted octanol–water partition coefficient (Wildman–Crippen LogP) is 5.03. The van der Waals surface area contributed by atoms with Crippen molar-refractivity contribution in [2.45, 2.75) is 38.4 Å². The van der Waals surface area contributed by atoms with Crippen LogP contribution in [-0.2, 0) is 17.8 Å². The number of aryl methyl sites for hydroxylation is 2. The molecule has 2 aromatic heterocycles. The van der Waals surface area contributed by atoms with Crippen LogP contribution in [0.5, 0.6) is 0 Å². The van der Waals surface area contributed by atoms with Gasteiger partial charge in [0.1, 0.15) is 0 Å². The van der Waals surface area contributed by atoms with Gasteiger partial charge in [0.05, 0.1) is 12.2 Å². The van der Waals surface area contributed by atoms with Gasteiger partial charge >= 0.3 is 0 Å². The van der Waals surface area contributed by atoms with Crippen LogP contribution in [0.1, 0.15) is 29.1 Å². The molecule has 150 valence electrons. The molecule has 5 nitrogen and oxygen atoms in total. The van der Waals surface area contributed by atoms with Crippen molar-refractivity contribution in [3.8, 4) is 0 Å². The monoisotopic (exact) mass is 426 g/mol. The summed E-state index contributed by atoms with van der Waals surface area (Å²) in [7, 11) is 0. The summed E-state index contributed by atoms with van der Waals surface area (Å²) in [5, 5.41) is 1.39. The number of aromatic nitrogens is 3. The second-order valence-corrected chi connectivity index (χ2v) is 7.85. The number of hydrogen-bond acceptors (Lipinski definition) is 5. The molecule has 0 saturated heterocycles. The van der Waals surface area contributed by atoms with Crippen LogP contribution < -0.4 is 4.90 Å². The van der Waals surface area contributed by atoms with Crippen LogP contribution >= 0.6 is 23.4 Å². The number of amides is 1. The van der Waals surface area contributed by atoms with Gasteiger partial charge in [0.25, 0.3) is 0 Å². The average Bonchev–Trinajstić information content (AvgIpc) is 2.72. The van der Waals surface area contributed by atoms with E-state index in [0.717, 1.165) is 33.5 Å². The van der Waals surface area contributed by atoms with E-state index in [1.165, 1.54) is 11.8 Å². The minimum absolute atomic E-state index is 0.0192. The molecule has 1 aromatic carbocycles. The third kappa shape index (κ3) is 5.55. The van der Waals surface area contributed by atoms with Crippen molar-refractivity contribution in [1.82, 2.24) is 15.0 Å². The number of carbonyl (C=O) groups is 1. The van der Waals surface area contributed by atoms with E-state index in [1.54, 1.807) is 23.2 Å². The zero-order valence-electron chi connectivity index (χ0n) is 16.7. The Morgan fingerprint density at radius 2 is 1.76 bits per heavy atom. The van der Waals surface area contributed by atoms with Crippen molar-refractivity contribution in [3.63, 3.8) is 0 Å². The van der Waals surface area contributed by atoms with Crippen LogP contribution in [0.25, 0.3) is 0 Å². The first kappa shape index (κ1) is 21.3. The Morgan fingerprint density at radius 3 is 2.34 bits per heavy atom. The number of pyridine rings is 1. The number of hydrogen-bond donors (Lipinski definition) is 0. The first-order chi connectivity index (χ1) is 14.0. The molecule has 3 rings (SSSR count). The maximum absolute atomic E-state index is 13.2. The van der Waals surface area contributed by atoms with Gasteiger partial charge in [-0.2, -0.15) is 0 Å². The number of anilines is 1. The summed E-state index contributed by atoms with van der Waals surface area (Å²) in [6, 6.07) is 13.0. The van der Waals surface area contributed by atoms with Gasteiger partial charge in [0, 0.05) is 34.7 Å². The fraction of sp³-hybridized carbons (Fsp3) is 0.273. The Balaban J connectivity index is 1.80. The third-order valence-corrected chi connectivity index (χ3v) is 5.46. The lowest BCUT2D eigenvalue weighted by molar-refractivity contribution is -0.118. The minimum Gasteiger partial charge on any atom is -0.306 e. The van der Waals surface area contributed by atoms with Crippen LogP contribution in [0, 0.1) is 13.8 Å². The van der Waals surface area contributed by atoms with E-state index in [4.69, 9.17) is 11.6 Å². The fourth-order valence-corrected chi connectivity index (χ4v) is 3.71. The van der Waals surface area contributed by atoms with Gasteiger partial charge in [-0.05, 0) is 68.5 Å². The van der Waals surface area contributed by atoms with E-state index in [2.05, 4.69) is 15.0 Å². The Bertz CT molecular complexity index is 957. The largest absolute Gasteiger partial charge is 0.306 e. The molecule has 7 heteroatoms. The lowest BCUT2D eigenvalue weighted by atomic mass is 10.1. The molecular formula is C22H23ClN4OS. The summed E-state index contributed by atoms with van der Waals surface area (Å²) in [6.07, 6.45) is 4.65. The molecule has 0 N–H and O–H groups in total. The second kappa shape index (κ2) is 9.85. The number of nitrogens with zero attached hydrogens (tertiary/aromatic N) is 4.